The summed E-state index contributed by atoms with van der Waals surface area (Å²) < 4.78 is 0. The van der Waals surface area contributed by atoms with Crippen LogP contribution in [0, 0.1) is 0 Å². The molecule has 9 aliphatic rings. The maximum absolute atomic E-state index is 4.06. The van der Waals surface area contributed by atoms with Crippen LogP contribution in [0.5, 0.6) is 0 Å². The molecule has 9 fully saturated rings. The number of fused-ring (bicyclic) bond motifs is 27. The lowest BCUT2D eigenvalue weighted by Crippen LogP contribution is -2.78. The molecule has 16 nitrogen and oxygen atoms in total. The third-order valence-electron chi connectivity index (χ3n) is 10.8. The predicted octanol–water partition coefficient (Wildman–Crippen LogP) is -7.29. The molecule has 0 aliphatic carbocycles. The number of nitrogens with one attached hydrogen (secondary N) is 14. The molecule has 9 heterocycles. The summed E-state index contributed by atoms with van der Waals surface area (Å²) in [7, 11) is 0. The summed E-state index contributed by atoms with van der Waals surface area (Å²) >= 11 is 0. The fourth-order valence-electron chi connectivity index (χ4n) is 7.87. The van der Waals surface area contributed by atoms with Gasteiger partial charge >= 0.3 is 0 Å². The monoisotopic (exact) mass is 651 g/mol. The van der Waals surface area contributed by atoms with Crippen LogP contribution < -0.4 is 74.4 Å². The van der Waals surface area contributed by atoms with Crippen LogP contribution in [0.15, 0.2) is 0 Å². The summed E-state index contributed by atoms with van der Waals surface area (Å²) in [5, 5.41) is 53.9. The topological polar surface area (TPSA) is 175 Å². The Morgan fingerprint density at radius 2 is 0.587 bits per heavy atom. The smallest absolute Gasteiger partial charge is 0.136 e. The van der Waals surface area contributed by atoms with E-state index in [1.54, 1.807) is 0 Å². The third-order valence-corrected chi connectivity index (χ3v) is 10.8. The van der Waals surface area contributed by atoms with Gasteiger partial charge in [-0.25, -0.2) is 0 Å². The van der Waals surface area contributed by atoms with Crippen LogP contribution in [0.1, 0.15) is 0 Å². The van der Waals surface area contributed by atoms with Gasteiger partial charge in [-0.1, -0.05) is 0 Å². The van der Waals surface area contributed by atoms with E-state index in [1.165, 1.54) is 0 Å². The van der Waals surface area contributed by atoms with E-state index in [4.69, 9.17) is 0 Å². The van der Waals surface area contributed by atoms with Gasteiger partial charge in [0.15, 0.2) is 0 Å². The minimum absolute atomic E-state index is 0.144. The molecule has 0 aromatic heterocycles. The number of rotatable bonds is 6. The SMILES string of the molecule is C1CNCC2(NCC34NCCN(CCN3)CCN4)CNCCNCC(NCC34NCCN(CCN3)CCN4)(CN1)CNCCNC2. The molecule has 46 heavy (non-hydrogen) atoms. The van der Waals surface area contributed by atoms with Gasteiger partial charge in [0.1, 0.15) is 11.6 Å². The van der Waals surface area contributed by atoms with Gasteiger partial charge in [0.05, 0.1) is 11.1 Å². The predicted molar refractivity (Wildman–Crippen MR) is 185 cm³/mol. The van der Waals surface area contributed by atoms with Crippen LogP contribution in [0.25, 0.3) is 0 Å². The zero-order chi connectivity index (χ0) is 31.4. The van der Waals surface area contributed by atoms with Crippen molar-refractivity contribution in [2.75, 3.05) is 170 Å². The Morgan fingerprint density at radius 3 is 0.826 bits per heavy atom. The summed E-state index contributed by atoms with van der Waals surface area (Å²) in [6.07, 6.45) is 0. The Bertz CT molecular complexity index is 726. The van der Waals surface area contributed by atoms with Crippen molar-refractivity contribution < 1.29 is 0 Å². The second kappa shape index (κ2) is 17.3. The number of nitrogens with zero attached hydrogens (tertiary/aromatic N) is 2. The first-order valence-corrected chi connectivity index (χ1v) is 18.3. The average molecular weight is 651 g/mol. The molecule has 0 spiro atoms. The van der Waals surface area contributed by atoms with E-state index >= 15 is 0 Å². The van der Waals surface area contributed by atoms with Crippen LogP contribution in [-0.2, 0) is 0 Å². The van der Waals surface area contributed by atoms with Crippen molar-refractivity contribution in [3.63, 3.8) is 0 Å². The fourth-order valence-corrected chi connectivity index (χ4v) is 7.87. The van der Waals surface area contributed by atoms with Gasteiger partial charge in [-0.15, -0.1) is 0 Å². The highest BCUT2D eigenvalue weighted by molar-refractivity contribution is 5.02. The van der Waals surface area contributed by atoms with Crippen LogP contribution >= 0.6 is 0 Å². The highest BCUT2D eigenvalue weighted by atomic mass is 15.4. The lowest BCUT2D eigenvalue weighted by atomic mass is 9.96. The van der Waals surface area contributed by atoms with Crippen LogP contribution in [0.3, 0.4) is 0 Å². The first-order chi connectivity index (χ1) is 22.6. The Balaban J connectivity index is 1.10. The number of hydrogen-bond acceptors (Lipinski definition) is 16. The lowest BCUT2D eigenvalue weighted by molar-refractivity contribution is 0.0993. The van der Waals surface area contributed by atoms with Gasteiger partial charge in [-0.05, 0) is 0 Å². The third kappa shape index (κ3) is 9.97. The molecule has 0 radical (unpaired) electrons. The van der Waals surface area contributed by atoms with E-state index in [2.05, 4.69) is 84.2 Å². The van der Waals surface area contributed by atoms with Crippen LogP contribution in [0.4, 0.5) is 0 Å². The minimum atomic E-state index is -0.299. The molecule has 6 bridgehead atoms. The van der Waals surface area contributed by atoms with Gasteiger partial charge in [-0.2, -0.15) is 0 Å². The maximum atomic E-state index is 4.06. The van der Waals surface area contributed by atoms with Gasteiger partial charge < -0.3 is 42.5 Å². The molecule has 0 amide bonds. The molecule has 266 valence electrons. The van der Waals surface area contributed by atoms with Crippen molar-refractivity contribution in [3.8, 4) is 0 Å². The maximum Gasteiger partial charge on any atom is 0.136 e. The lowest BCUT2D eigenvalue weighted by Gasteiger charge is -2.47. The first kappa shape index (κ1) is 35.2. The molecule has 0 unspecified atom stereocenters. The minimum Gasteiger partial charge on any atom is -0.314 e. The fraction of sp³-hybridized carbons (Fsp3) is 1.00. The molecule has 0 atom stereocenters. The molecule has 16 heteroatoms. The van der Waals surface area contributed by atoms with Crippen molar-refractivity contribution in [3.05, 3.63) is 0 Å². The quantitative estimate of drug-likeness (QED) is 0.131. The van der Waals surface area contributed by atoms with E-state index in [0.717, 1.165) is 170 Å². The van der Waals surface area contributed by atoms with Crippen LogP contribution in [0.2, 0.25) is 0 Å². The van der Waals surface area contributed by atoms with Gasteiger partial charge in [0.25, 0.3) is 0 Å². The Morgan fingerprint density at radius 1 is 0.348 bits per heavy atom. The Kier molecular flexibility index (Phi) is 13.3. The van der Waals surface area contributed by atoms with E-state index in [9.17, 15) is 0 Å². The Labute approximate surface area is 277 Å². The molecule has 0 aromatic carbocycles. The van der Waals surface area contributed by atoms with Crippen molar-refractivity contribution in [1.82, 2.24) is 84.2 Å². The molecule has 9 rings (SSSR count). The average Bonchev–Trinajstić information content (AvgIpc) is 2.99. The molecule has 0 aromatic rings. The molecule has 14 N–H and O–H groups in total. The molecule has 9 aliphatic heterocycles. The Hall–Kier alpha value is -0.640. The second-order valence-corrected chi connectivity index (χ2v) is 14.4. The van der Waals surface area contributed by atoms with Crippen molar-refractivity contribution in [1.29, 1.82) is 0 Å². The van der Waals surface area contributed by atoms with E-state index < -0.39 is 0 Å². The molecule has 0 saturated carbocycles. The largest absolute Gasteiger partial charge is 0.314 e. The second-order valence-electron chi connectivity index (χ2n) is 14.4. The molecule has 9 saturated heterocycles. The summed E-state index contributed by atoms with van der Waals surface area (Å²) in [4.78, 5) is 5.05. The first-order valence-electron chi connectivity index (χ1n) is 18.3. The highest BCUT2D eigenvalue weighted by Crippen LogP contribution is 2.10. The standard InChI is InChI=1S/C30H66N16/c1-2-32-20-28(44-26-30-40-10-16-46(17-11-41-30)18-12-42-30)23-35-5-3-33-21-27(19-31-1,22-34-4-6-36-24-28)43-25-29-37-7-13-45(14-8-38-29)15-9-39-29/h31-44H,1-26H2. The zero-order valence-electron chi connectivity index (χ0n) is 28.3. The van der Waals surface area contributed by atoms with Crippen molar-refractivity contribution >= 4 is 0 Å². The van der Waals surface area contributed by atoms with E-state index in [0.29, 0.717) is 0 Å². The summed E-state index contributed by atoms with van der Waals surface area (Å²) in [5.41, 5.74) is -0.288. The summed E-state index contributed by atoms with van der Waals surface area (Å²) in [6.45, 7) is 24.9. The zero-order valence-corrected chi connectivity index (χ0v) is 28.3. The van der Waals surface area contributed by atoms with E-state index in [1.807, 2.05) is 0 Å². The highest BCUT2D eigenvalue weighted by Gasteiger charge is 2.39. The van der Waals surface area contributed by atoms with Crippen molar-refractivity contribution in [2.45, 2.75) is 22.7 Å². The number of hydrogen-bond donors (Lipinski definition) is 14. The normalized spacial score (nSPS) is 41.2. The van der Waals surface area contributed by atoms with Crippen molar-refractivity contribution in [2.24, 2.45) is 0 Å². The summed E-state index contributed by atoms with van der Waals surface area (Å²) in [5.74, 6) is -0.598. The van der Waals surface area contributed by atoms with E-state index in [-0.39, 0.29) is 22.7 Å². The van der Waals surface area contributed by atoms with Gasteiger partial charge in [0.2, 0.25) is 0 Å². The summed E-state index contributed by atoms with van der Waals surface area (Å²) in [6, 6.07) is 0. The molecular formula is C30H66N16. The van der Waals surface area contributed by atoms with Crippen LogP contribution in [-0.4, -0.2) is 203 Å². The van der Waals surface area contributed by atoms with Gasteiger partial charge in [0, 0.05) is 170 Å². The van der Waals surface area contributed by atoms with Gasteiger partial charge in [-0.3, -0.25) is 41.7 Å². The molecular weight excluding hydrogens is 584 g/mol.